The van der Waals surface area contributed by atoms with Crippen LogP contribution < -0.4 is 10.2 Å². The lowest BCUT2D eigenvalue weighted by Gasteiger charge is -2.23. The largest absolute Gasteiger partial charge is 0.325 e. The van der Waals surface area contributed by atoms with Crippen molar-refractivity contribution in [3.05, 3.63) is 59.7 Å². The van der Waals surface area contributed by atoms with Gasteiger partial charge < -0.3 is 10.2 Å². The Bertz CT molecular complexity index is 693. The fourth-order valence-electron chi connectivity index (χ4n) is 2.42. The number of hydrogen-bond acceptors (Lipinski definition) is 2. The van der Waals surface area contributed by atoms with Crippen molar-refractivity contribution in [2.45, 2.75) is 27.2 Å². The zero-order chi connectivity index (χ0) is 16.8. The molecule has 0 unspecified atom stereocenters. The number of nitrogens with zero attached hydrogens (tertiary/aromatic N) is 1. The Kier molecular flexibility index (Phi) is 5.52. The minimum absolute atomic E-state index is 0.000221. The van der Waals surface area contributed by atoms with E-state index in [-0.39, 0.29) is 18.4 Å². The van der Waals surface area contributed by atoms with E-state index in [0.717, 1.165) is 28.9 Å². The van der Waals surface area contributed by atoms with Crippen LogP contribution in [0.1, 0.15) is 25.0 Å². The highest BCUT2D eigenvalue weighted by Crippen LogP contribution is 2.21. The second kappa shape index (κ2) is 7.58. The Morgan fingerprint density at radius 3 is 2.30 bits per heavy atom. The van der Waals surface area contributed by atoms with Gasteiger partial charge in [0.1, 0.15) is 6.54 Å². The first-order chi connectivity index (χ1) is 11.0. The molecule has 23 heavy (non-hydrogen) atoms. The zero-order valence-corrected chi connectivity index (χ0v) is 13.8. The van der Waals surface area contributed by atoms with Gasteiger partial charge in [-0.25, -0.2) is 0 Å². The van der Waals surface area contributed by atoms with E-state index in [2.05, 4.69) is 5.32 Å². The first-order valence-electron chi connectivity index (χ1n) is 7.73. The number of para-hydroxylation sites is 1. The van der Waals surface area contributed by atoms with Gasteiger partial charge in [0, 0.05) is 18.3 Å². The fourth-order valence-corrected chi connectivity index (χ4v) is 2.42. The molecule has 0 spiro atoms. The van der Waals surface area contributed by atoms with Crippen LogP contribution in [0.5, 0.6) is 0 Å². The predicted molar refractivity (Wildman–Crippen MR) is 93.7 cm³/mol. The molecule has 2 amide bonds. The maximum atomic E-state index is 12.3. The van der Waals surface area contributed by atoms with Crippen LogP contribution >= 0.6 is 0 Å². The summed E-state index contributed by atoms with van der Waals surface area (Å²) in [7, 11) is 0. The average Bonchev–Trinajstić information content (AvgIpc) is 2.54. The number of anilines is 2. The number of amides is 2. The van der Waals surface area contributed by atoms with Crippen LogP contribution in [0.3, 0.4) is 0 Å². The second-order valence-electron chi connectivity index (χ2n) is 5.50. The van der Waals surface area contributed by atoms with Crippen LogP contribution in [0.2, 0.25) is 0 Å². The molecule has 0 bridgehead atoms. The van der Waals surface area contributed by atoms with Gasteiger partial charge in [0.25, 0.3) is 0 Å². The molecule has 0 saturated heterocycles. The van der Waals surface area contributed by atoms with E-state index >= 15 is 0 Å². The Balaban J connectivity index is 2.14. The lowest BCUT2D eigenvalue weighted by Crippen LogP contribution is -2.37. The molecule has 0 aliphatic heterocycles. The first-order valence-corrected chi connectivity index (χ1v) is 7.73. The summed E-state index contributed by atoms with van der Waals surface area (Å²) in [6, 6.07) is 15.2. The monoisotopic (exact) mass is 310 g/mol. The number of carbonyl (C=O) groups excluding carboxylic acids is 2. The van der Waals surface area contributed by atoms with E-state index < -0.39 is 0 Å². The smallest absolute Gasteiger partial charge is 0.244 e. The van der Waals surface area contributed by atoms with Crippen LogP contribution in [0, 0.1) is 6.92 Å². The number of hydrogen-bond donors (Lipinski definition) is 1. The van der Waals surface area contributed by atoms with Gasteiger partial charge in [-0.2, -0.15) is 0 Å². The summed E-state index contributed by atoms with van der Waals surface area (Å²) >= 11 is 0. The first kappa shape index (κ1) is 16.7. The predicted octanol–water partition coefficient (Wildman–Crippen LogP) is 3.55. The van der Waals surface area contributed by atoms with E-state index in [9.17, 15) is 9.59 Å². The van der Waals surface area contributed by atoms with Crippen molar-refractivity contribution in [1.29, 1.82) is 0 Å². The van der Waals surface area contributed by atoms with Crippen LogP contribution in [0.15, 0.2) is 48.5 Å². The topological polar surface area (TPSA) is 49.4 Å². The zero-order valence-electron chi connectivity index (χ0n) is 13.8. The van der Waals surface area contributed by atoms with Crippen molar-refractivity contribution < 1.29 is 9.59 Å². The molecule has 2 rings (SSSR count). The van der Waals surface area contributed by atoms with Gasteiger partial charge in [-0.1, -0.05) is 42.8 Å². The molecule has 0 fully saturated rings. The SMILES string of the molecule is CCc1ccccc1N(CC(=O)Nc1ccc(C)cc1)C(C)=O. The Labute approximate surface area is 137 Å². The minimum Gasteiger partial charge on any atom is -0.325 e. The van der Waals surface area contributed by atoms with Gasteiger partial charge in [-0.3, -0.25) is 9.59 Å². The molecule has 1 N–H and O–H groups in total. The maximum Gasteiger partial charge on any atom is 0.244 e. The van der Waals surface area contributed by atoms with E-state index in [4.69, 9.17) is 0 Å². The van der Waals surface area contributed by atoms with Crippen LogP contribution in [-0.4, -0.2) is 18.4 Å². The molecular weight excluding hydrogens is 288 g/mol. The molecule has 4 heteroatoms. The number of rotatable bonds is 5. The van der Waals surface area contributed by atoms with Crippen molar-refractivity contribution in [2.24, 2.45) is 0 Å². The standard InChI is InChI=1S/C19H22N2O2/c1-4-16-7-5-6-8-18(16)21(15(3)22)13-19(23)20-17-11-9-14(2)10-12-17/h5-12H,4,13H2,1-3H3,(H,20,23). The van der Waals surface area contributed by atoms with Crippen molar-refractivity contribution in [1.82, 2.24) is 0 Å². The van der Waals surface area contributed by atoms with Crippen LogP contribution in [-0.2, 0) is 16.0 Å². The summed E-state index contributed by atoms with van der Waals surface area (Å²) in [6.07, 6.45) is 0.805. The van der Waals surface area contributed by atoms with Gasteiger partial charge >= 0.3 is 0 Å². The summed E-state index contributed by atoms with van der Waals surface area (Å²) in [5, 5.41) is 2.83. The molecule has 120 valence electrons. The molecular formula is C19H22N2O2. The lowest BCUT2D eigenvalue weighted by atomic mass is 10.1. The maximum absolute atomic E-state index is 12.3. The molecule has 0 radical (unpaired) electrons. The highest BCUT2D eigenvalue weighted by molar-refractivity contribution is 6.02. The Morgan fingerprint density at radius 1 is 1.04 bits per heavy atom. The third-order valence-corrected chi connectivity index (χ3v) is 3.68. The molecule has 0 aliphatic carbocycles. The Hall–Kier alpha value is -2.62. The summed E-state index contributed by atoms with van der Waals surface area (Å²) in [5.74, 6) is -0.361. The average molecular weight is 310 g/mol. The highest BCUT2D eigenvalue weighted by atomic mass is 16.2. The van der Waals surface area contributed by atoms with Crippen molar-refractivity contribution >= 4 is 23.2 Å². The van der Waals surface area contributed by atoms with Crippen LogP contribution in [0.4, 0.5) is 11.4 Å². The van der Waals surface area contributed by atoms with E-state index in [1.165, 1.54) is 11.8 Å². The molecule has 0 saturated carbocycles. The third-order valence-electron chi connectivity index (χ3n) is 3.68. The van der Waals surface area contributed by atoms with Crippen molar-refractivity contribution in [3.63, 3.8) is 0 Å². The number of carbonyl (C=O) groups is 2. The molecule has 0 aromatic heterocycles. The minimum atomic E-state index is -0.213. The van der Waals surface area contributed by atoms with Crippen molar-refractivity contribution in [3.8, 4) is 0 Å². The quantitative estimate of drug-likeness (QED) is 0.918. The summed E-state index contributed by atoms with van der Waals surface area (Å²) in [5.41, 5.74) is 3.70. The van der Waals surface area contributed by atoms with Gasteiger partial charge in [0.2, 0.25) is 11.8 Å². The summed E-state index contributed by atoms with van der Waals surface area (Å²) < 4.78 is 0. The van der Waals surface area contributed by atoms with E-state index in [1.807, 2.05) is 62.4 Å². The molecule has 0 atom stereocenters. The van der Waals surface area contributed by atoms with Gasteiger partial charge in [-0.05, 0) is 37.1 Å². The number of benzene rings is 2. The Morgan fingerprint density at radius 2 is 1.70 bits per heavy atom. The van der Waals surface area contributed by atoms with Gasteiger partial charge in [0.05, 0.1) is 0 Å². The number of nitrogens with one attached hydrogen (secondary N) is 1. The normalized spacial score (nSPS) is 10.2. The summed E-state index contributed by atoms with van der Waals surface area (Å²) in [4.78, 5) is 25.8. The van der Waals surface area contributed by atoms with Gasteiger partial charge in [0.15, 0.2) is 0 Å². The van der Waals surface area contributed by atoms with E-state index in [1.54, 1.807) is 0 Å². The highest BCUT2D eigenvalue weighted by Gasteiger charge is 2.18. The molecule has 2 aromatic rings. The second-order valence-corrected chi connectivity index (χ2v) is 5.50. The van der Waals surface area contributed by atoms with Gasteiger partial charge in [-0.15, -0.1) is 0 Å². The lowest BCUT2D eigenvalue weighted by molar-refractivity contribution is -0.120. The molecule has 4 nitrogen and oxygen atoms in total. The molecule has 2 aromatic carbocycles. The molecule has 0 heterocycles. The third kappa shape index (κ3) is 4.42. The fraction of sp³-hybridized carbons (Fsp3) is 0.263. The number of aryl methyl sites for hydroxylation is 2. The van der Waals surface area contributed by atoms with E-state index in [0.29, 0.717) is 0 Å². The van der Waals surface area contributed by atoms with Crippen LogP contribution in [0.25, 0.3) is 0 Å². The summed E-state index contributed by atoms with van der Waals surface area (Å²) in [6.45, 7) is 5.50. The van der Waals surface area contributed by atoms with Crippen molar-refractivity contribution in [2.75, 3.05) is 16.8 Å². The molecule has 0 aliphatic rings.